The lowest BCUT2D eigenvalue weighted by molar-refractivity contribution is 0.00987. The molecular formula is C9H21BO6S. The maximum Gasteiger partial charge on any atom is 0.282 e. The van der Waals surface area contributed by atoms with E-state index in [1.165, 1.54) is 0 Å². The second-order valence-electron chi connectivity index (χ2n) is 2.79. The second-order valence-corrected chi connectivity index (χ2v) is 2.95. The van der Waals surface area contributed by atoms with E-state index in [9.17, 15) is 0 Å². The van der Waals surface area contributed by atoms with Crippen LogP contribution in [0, 0.1) is 0 Å². The van der Waals surface area contributed by atoms with Gasteiger partial charge in [-0.15, -0.1) is 0 Å². The van der Waals surface area contributed by atoms with Gasteiger partial charge in [-0.1, -0.05) is 6.92 Å². The lowest BCUT2D eigenvalue weighted by Crippen LogP contribution is -2.11. The molecule has 0 unspecified atom stereocenters. The van der Waals surface area contributed by atoms with E-state index in [1.54, 1.807) is 0 Å². The zero-order chi connectivity index (χ0) is 13.2. The molecular weight excluding hydrogens is 247 g/mol. The van der Waals surface area contributed by atoms with Gasteiger partial charge in [-0.3, -0.25) is 0 Å². The second kappa shape index (κ2) is 21.5. The van der Waals surface area contributed by atoms with Gasteiger partial charge in [0.15, 0.2) is 12.3 Å². The molecule has 0 saturated heterocycles. The number of rotatable bonds is 11. The molecule has 2 N–H and O–H groups in total. The lowest BCUT2D eigenvalue weighted by atomic mass is 10.5. The maximum absolute atomic E-state index is 7.04. The minimum Gasteiger partial charge on any atom is -0.445 e. The molecule has 0 fully saturated rings. The van der Waals surface area contributed by atoms with Crippen molar-refractivity contribution in [2.45, 2.75) is 13.3 Å². The Morgan fingerprint density at radius 2 is 1.18 bits per heavy atom. The van der Waals surface area contributed by atoms with Crippen LogP contribution in [0.1, 0.15) is 13.3 Å². The van der Waals surface area contributed by atoms with Crippen LogP contribution in [0.3, 0.4) is 0 Å². The van der Waals surface area contributed by atoms with Gasteiger partial charge in [0.25, 0.3) is 8.05 Å². The van der Waals surface area contributed by atoms with Crippen molar-refractivity contribution in [3.8, 4) is 0 Å². The van der Waals surface area contributed by atoms with Crippen molar-refractivity contribution in [2.75, 3.05) is 46.2 Å². The summed E-state index contributed by atoms with van der Waals surface area (Å²) in [4.78, 5) is 0. The Morgan fingerprint density at radius 3 is 1.53 bits per heavy atom. The van der Waals surface area contributed by atoms with Crippen LogP contribution in [0.2, 0.25) is 0 Å². The number of hydrogen-bond acceptors (Lipinski definition) is 7. The monoisotopic (exact) mass is 268 g/mol. The van der Waals surface area contributed by atoms with Gasteiger partial charge in [0, 0.05) is 6.61 Å². The summed E-state index contributed by atoms with van der Waals surface area (Å²) in [6.45, 7) is 6.22. The molecule has 0 aliphatic carbocycles. The van der Waals surface area contributed by atoms with Crippen molar-refractivity contribution in [3.63, 3.8) is 0 Å². The van der Waals surface area contributed by atoms with Crippen LogP contribution < -0.4 is 0 Å². The zero-order valence-electron chi connectivity index (χ0n) is 10.2. The average molecular weight is 268 g/mol. The van der Waals surface area contributed by atoms with Gasteiger partial charge in [0.2, 0.25) is 0 Å². The number of ether oxygens (including phenoxy) is 3. The lowest BCUT2D eigenvalue weighted by Gasteiger charge is -2.05. The van der Waals surface area contributed by atoms with Crippen LogP contribution in [0.5, 0.6) is 0 Å². The smallest absolute Gasteiger partial charge is 0.282 e. The SMILES string of the molecule is OSO.[B]OCCOCCOCCOCCC. The molecule has 0 saturated carbocycles. The van der Waals surface area contributed by atoms with E-state index < -0.39 is 0 Å². The van der Waals surface area contributed by atoms with Gasteiger partial charge in [0.05, 0.1) is 39.6 Å². The summed E-state index contributed by atoms with van der Waals surface area (Å²) in [5.41, 5.74) is 0. The third-order valence-corrected chi connectivity index (χ3v) is 1.44. The Labute approximate surface area is 108 Å². The van der Waals surface area contributed by atoms with Crippen molar-refractivity contribution >= 4 is 20.4 Å². The fraction of sp³-hybridized carbons (Fsp3) is 1.00. The van der Waals surface area contributed by atoms with E-state index in [2.05, 4.69) is 11.6 Å². The largest absolute Gasteiger partial charge is 0.445 e. The van der Waals surface area contributed by atoms with Crippen LogP contribution in [0.25, 0.3) is 0 Å². The fourth-order valence-electron chi connectivity index (χ4n) is 0.793. The Kier molecular flexibility index (Phi) is 24.6. The molecule has 0 aliphatic rings. The highest BCUT2D eigenvalue weighted by atomic mass is 32.2. The van der Waals surface area contributed by atoms with Crippen LogP contribution in [-0.2, 0) is 18.9 Å². The molecule has 6 nitrogen and oxygen atoms in total. The van der Waals surface area contributed by atoms with Crippen molar-refractivity contribution < 1.29 is 28.0 Å². The first-order valence-corrected chi connectivity index (χ1v) is 6.06. The van der Waals surface area contributed by atoms with E-state index >= 15 is 0 Å². The molecule has 0 bridgehead atoms. The van der Waals surface area contributed by atoms with Crippen molar-refractivity contribution in [2.24, 2.45) is 0 Å². The van der Waals surface area contributed by atoms with Gasteiger partial charge < -0.3 is 28.0 Å². The minimum atomic E-state index is -0.250. The standard InChI is InChI=1S/C9H19BO4.H2O2S/c1-2-3-11-4-5-12-6-7-13-8-9-14-10;1-3-2/h2-9H2,1H3;1-2H. The van der Waals surface area contributed by atoms with Crippen LogP contribution in [0.4, 0.5) is 0 Å². The van der Waals surface area contributed by atoms with E-state index in [1.807, 2.05) is 0 Å². The van der Waals surface area contributed by atoms with Gasteiger partial charge >= 0.3 is 0 Å². The summed E-state index contributed by atoms with van der Waals surface area (Å²) in [6, 6.07) is 0. The van der Waals surface area contributed by atoms with Crippen LogP contribution >= 0.6 is 12.3 Å². The zero-order valence-corrected chi connectivity index (χ0v) is 11.0. The van der Waals surface area contributed by atoms with Crippen LogP contribution in [0.15, 0.2) is 0 Å². The summed E-state index contributed by atoms with van der Waals surface area (Å²) in [7, 11) is 4.81. The van der Waals surface area contributed by atoms with E-state index in [0.29, 0.717) is 39.6 Å². The molecule has 0 aromatic rings. The third-order valence-electron chi connectivity index (χ3n) is 1.44. The highest BCUT2D eigenvalue weighted by molar-refractivity contribution is 7.87. The average Bonchev–Trinajstić information content (AvgIpc) is 2.33. The Balaban J connectivity index is 0. The van der Waals surface area contributed by atoms with Crippen molar-refractivity contribution in [3.05, 3.63) is 0 Å². The quantitative estimate of drug-likeness (QED) is 0.331. The fourth-order valence-corrected chi connectivity index (χ4v) is 0.793. The highest BCUT2D eigenvalue weighted by Crippen LogP contribution is 1.83. The molecule has 0 rings (SSSR count). The molecule has 0 atom stereocenters. The predicted molar refractivity (Wildman–Crippen MR) is 67.3 cm³/mol. The first-order valence-electron chi connectivity index (χ1n) is 5.33. The molecule has 0 spiro atoms. The molecule has 0 amide bonds. The molecule has 0 aromatic carbocycles. The van der Waals surface area contributed by atoms with Gasteiger partial charge in [-0.2, -0.15) is 0 Å². The first-order chi connectivity index (χ1) is 8.33. The van der Waals surface area contributed by atoms with Gasteiger partial charge in [-0.25, -0.2) is 0 Å². The van der Waals surface area contributed by atoms with E-state index in [0.717, 1.165) is 13.0 Å². The minimum absolute atomic E-state index is 0.250. The van der Waals surface area contributed by atoms with E-state index in [-0.39, 0.29) is 12.3 Å². The molecule has 0 aliphatic heterocycles. The Morgan fingerprint density at radius 1 is 0.824 bits per heavy atom. The molecule has 17 heavy (non-hydrogen) atoms. The molecule has 0 aromatic heterocycles. The normalized spacial score (nSPS) is 9.82. The first kappa shape index (κ1) is 19.5. The summed E-state index contributed by atoms with van der Waals surface area (Å²) < 4.78 is 34.0. The van der Waals surface area contributed by atoms with Crippen molar-refractivity contribution in [1.82, 2.24) is 0 Å². The third kappa shape index (κ3) is 26.0. The number of hydrogen-bond donors (Lipinski definition) is 2. The highest BCUT2D eigenvalue weighted by Gasteiger charge is 1.90. The predicted octanol–water partition coefficient (Wildman–Crippen LogP) is 1.21. The summed E-state index contributed by atoms with van der Waals surface area (Å²) >= 11 is -0.250. The molecule has 102 valence electrons. The Bertz CT molecular complexity index is 110. The molecule has 2 radical (unpaired) electrons. The maximum atomic E-state index is 7.04. The van der Waals surface area contributed by atoms with Crippen LogP contribution in [-0.4, -0.2) is 63.4 Å². The topological polar surface area (TPSA) is 77.4 Å². The van der Waals surface area contributed by atoms with Gasteiger partial charge in [-0.05, 0) is 6.42 Å². The Hall–Kier alpha value is 0.175. The molecule has 0 heterocycles. The molecule has 8 heteroatoms. The summed E-state index contributed by atoms with van der Waals surface area (Å²) in [5.74, 6) is 0. The summed E-state index contributed by atoms with van der Waals surface area (Å²) in [5, 5.41) is 0. The van der Waals surface area contributed by atoms with Crippen molar-refractivity contribution in [1.29, 1.82) is 0 Å². The summed E-state index contributed by atoms with van der Waals surface area (Å²) in [6.07, 6.45) is 1.04. The van der Waals surface area contributed by atoms with E-state index in [4.69, 9.17) is 31.4 Å². The van der Waals surface area contributed by atoms with Gasteiger partial charge in [0.1, 0.15) is 0 Å².